The van der Waals surface area contributed by atoms with Gasteiger partial charge in [-0.3, -0.25) is 4.79 Å². The van der Waals surface area contributed by atoms with E-state index < -0.39 is 18.2 Å². The van der Waals surface area contributed by atoms with Crippen molar-refractivity contribution in [2.24, 2.45) is 5.92 Å². The third-order valence-corrected chi connectivity index (χ3v) is 7.27. The molecule has 12 nitrogen and oxygen atoms in total. The number of nitrogens with one attached hydrogen (secondary N) is 3. The Hall–Kier alpha value is -4.58. The fraction of sp³-hybridized carbons (Fsp3) is 0.400. The molecule has 2 aromatic carbocycles. The molecule has 0 aliphatic carbocycles. The van der Waals surface area contributed by atoms with E-state index in [1.807, 2.05) is 25.1 Å². The van der Waals surface area contributed by atoms with Gasteiger partial charge in [-0.2, -0.15) is 0 Å². The number of rotatable bonds is 7. The second-order valence-electron chi connectivity index (χ2n) is 10.7. The van der Waals surface area contributed by atoms with Gasteiger partial charge < -0.3 is 40.1 Å². The smallest absolute Gasteiger partial charge is 0.323 e. The second-order valence-corrected chi connectivity index (χ2v) is 10.7. The Labute approximate surface area is 245 Å². The van der Waals surface area contributed by atoms with Crippen molar-refractivity contribution in [2.75, 3.05) is 42.7 Å². The summed E-state index contributed by atoms with van der Waals surface area (Å²) in [4.78, 5) is 42.3. The number of carbonyl (C=O) groups excluding carboxylic acids is 3. The number of hydrogen-bond donors (Lipinski definition) is 4. The lowest BCUT2D eigenvalue weighted by Gasteiger charge is -2.34. The minimum atomic E-state index is -0.497. The molecule has 4 rings (SSSR count). The number of anilines is 3. The standard InChI is InChI=1S/C30H38N6O6/c1-18-15-36(19(2)17-37)27(38)14-22-13-24(32-29(39)31-23-9-7-6-8-10-23)11-12-25(22)41-26(18)16-35(5)30(40)33-28-20(3)34-42-21(28)4/h6-13,18-19,26,37H,14-17H2,1-5H3,(H,33,40)(H2,31,32,39)/t18-,19+,26-/m0/s1. The first kappa shape index (κ1) is 30.4. The van der Waals surface area contributed by atoms with Crippen molar-refractivity contribution in [3.05, 3.63) is 65.5 Å². The largest absolute Gasteiger partial charge is 0.488 e. The maximum absolute atomic E-state index is 13.5. The number of aromatic nitrogens is 1. The number of benzene rings is 2. The highest BCUT2D eigenvalue weighted by Crippen LogP contribution is 2.29. The van der Waals surface area contributed by atoms with Crippen molar-refractivity contribution < 1.29 is 28.8 Å². The number of aryl methyl sites for hydroxylation is 2. The Bertz CT molecular complexity index is 1390. The normalized spacial score (nSPS) is 17.6. The number of para-hydroxylation sites is 1. The van der Waals surface area contributed by atoms with Gasteiger partial charge in [-0.25, -0.2) is 9.59 Å². The number of aliphatic hydroxyl groups excluding tert-OH is 1. The number of amides is 5. The number of likely N-dealkylation sites (N-methyl/N-ethyl adjacent to an activating group) is 1. The number of fused-ring (bicyclic) bond motifs is 1. The van der Waals surface area contributed by atoms with Crippen LogP contribution in [0.2, 0.25) is 0 Å². The molecule has 3 aromatic rings. The van der Waals surface area contributed by atoms with Crippen LogP contribution >= 0.6 is 0 Å². The van der Waals surface area contributed by atoms with E-state index in [0.29, 0.717) is 46.4 Å². The molecule has 4 N–H and O–H groups in total. The van der Waals surface area contributed by atoms with Crippen LogP contribution in [0.4, 0.5) is 26.7 Å². The molecular formula is C30H38N6O6. The van der Waals surface area contributed by atoms with Crippen LogP contribution < -0.4 is 20.7 Å². The van der Waals surface area contributed by atoms with Crippen molar-refractivity contribution in [1.29, 1.82) is 0 Å². The Morgan fingerprint density at radius 2 is 1.83 bits per heavy atom. The minimum absolute atomic E-state index is 0.0112. The highest BCUT2D eigenvalue weighted by molar-refractivity contribution is 6.00. The van der Waals surface area contributed by atoms with Crippen molar-refractivity contribution in [2.45, 2.75) is 46.3 Å². The van der Waals surface area contributed by atoms with Crippen LogP contribution in [-0.4, -0.2) is 76.9 Å². The van der Waals surface area contributed by atoms with Crippen LogP contribution in [0.5, 0.6) is 5.75 Å². The molecule has 0 unspecified atom stereocenters. The number of nitrogens with zero attached hydrogens (tertiary/aromatic N) is 3. The van der Waals surface area contributed by atoms with E-state index in [0.717, 1.165) is 0 Å². The van der Waals surface area contributed by atoms with Gasteiger partial charge in [0.2, 0.25) is 5.91 Å². The molecule has 42 heavy (non-hydrogen) atoms. The monoisotopic (exact) mass is 578 g/mol. The van der Waals surface area contributed by atoms with E-state index in [2.05, 4.69) is 21.1 Å². The van der Waals surface area contributed by atoms with E-state index in [-0.39, 0.29) is 37.4 Å². The highest BCUT2D eigenvalue weighted by atomic mass is 16.5. The van der Waals surface area contributed by atoms with Crippen LogP contribution in [0, 0.1) is 19.8 Å². The predicted octanol–water partition coefficient (Wildman–Crippen LogP) is 4.25. The van der Waals surface area contributed by atoms with Crippen LogP contribution in [0.25, 0.3) is 0 Å². The predicted molar refractivity (Wildman–Crippen MR) is 159 cm³/mol. The fourth-order valence-corrected chi connectivity index (χ4v) is 4.76. The molecular weight excluding hydrogens is 540 g/mol. The lowest BCUT2D eigenvalue weighted by molar-refractivity contribution is -0.134. The third-order valence-electron chi connectivity index (χ3n) is 7.27. The quantitative estimate of drug-likeness (QED) is 0.327. The number of carbonyl (C=O) groups is 3. The average molecular weight is 579 g/mol. The summed E-state index contributed by atoms with van der Waals surface area (Å²) in [5.74, 6) is 0.610. The Morgan fingerprint density at radius 3 is 2.50 bits per heavy atom. The van der Waals surface area contributed by atoms with E-state index in [1.54, 1.807) is 63.1 Å². The lowest BCUT2D eigenvalue weighted by Crippen LogP contribution is -2.48. The second kappa shape index (κ2) is 13.4. The summed E-state index contributed by atoms with van der Waals surface area (Å²) in [6, 6.07) is 13.0. The molecule has 0 spiro atoms. The summed E-state index contributed by atoms with van der Waals surface area (Å²) in [5.41, 5.74) is 2.80. The van der Waals surface area contributed by atoms with Gasteiger partial charge in [-0.15, -0.1) is 0 Å². The zero-order valence-electron chi connectivity index (χ0n) is 24.5. The summed E-state index contributed by atoms with van der Waals surface area (Å²) in [6.45, 7) is 7.54. The van der Waals surface area contributed by atoms with Gasteiger partial charge in [0.25, 0.3) is 0 Å². The number of urea groups is 2. The number of aliphatic hydroxyl groups is 1. The van der Waals surface area contributed by atoms with E-state index >= 15 is 0 Å². The van der Waals surface area contributed by atoms with Crippen LogP contribution in [0.15, 0.2) is 53.1 Å². The van der Waals surface area contributed by atoms with Crippen molar-refractivity contribution >= 4 is 35.0 Å². The van der Waals surface area contributed by atoms with Gasteiger partial charge in [0.1, 0.15) is 23.2 Å². The summed E-state index contributed by atoms with van der Waals surface area (Å²) in [5, 5.41) is 22.2. The van der Waals surface area contributed by atoms with Crippen LogP contribution in [0.1, 0.15) is 30.9 Å². The van der Waals surface area contributed by atoms with Gasteiger partial charge in [0, 0.05) is 36.4 Å². The molecule has 1 aliphatic heterocycles. The first-order chi connectivity index (χ1) is 20.0. The Morgan fingerprint density at radius 1 is 1.12 bits per heavy atom. The number of ether oxygens (including phenoxy) is 1. The summed E-state index contributed by atoms with van der Waals surface area (Å²) in [6.07, 6.45) is -0.485. The van der Waals surface area contributed by atoms with E-state index in [4.69, 9.17) is 9.26 Å². The molecule has 2 heterocycles. The topological polar surface area (TPSA) is 149 Å². The summed E-state index contributed by atoms with van der Waals surface area (Å²) in [7, 11) is 1.66. The molecule has 0 bridgehead atoms. The molecule has 5 amide bonds. The highest BCUT2D eigenvalue weighted by Gasteiger charge is 2.32. The van der Waals surface area contributed by atoms with Crippen molar-refractivity contribution in [1.82, 2.24) is 15.0 Å². The molecule has 1 aromatic heterocycles. The maximum atomic E-state index is 13.5. The average Bonchev–Trinajstić information content (AvgIpc) is 3.29. The fourth-order valence-electron chi connectivity index (χ4n) is 4.76. The molecule has 0 fully saturated rings. The lowest BCUT2D eigenvalue weighted by atomic mass is 10.0. The van der Waals surface area contributed by atoms with Gasteiger partial charge in [0.05, 0.1) is 25.6 Å². The first-order valence-corrected chi connectivity index (χ1v) is 13.8. The summed E-state index contributed by atoms with van der Waals surface area (Å²) >= 11 is 0. The molecule has 1 aliphatic rings. The minimum Gasteiger partial charge on any atom is -0.488 e. The molecule has 3 atom stereocenters. The van der Waals surface area contributed by atoms with Crippen LogP contribution in [0.3, 0.4) is 0 Å². The Balaban J connectivity index is 1.56. The van der Waals surface area contributed by atoms with Gasteiger partial charge in [-0.1, -0.05) is 30.3 Å². The third kappa shape index (κ3) is 7.38. The van der Waals surface area contributed by atoms with Gasteiger partial charge in [-0.05, 0) is 51.1 Å². The number of hydrogen-bond acceptors (Lipinski definition) is 7. The molecule has 224 valence electrons. The van der Waals surface area contributed by atoms with E-state index in [9.17, 15) is 19.5 Å². The molecule has 0 saturated carbocycles. The van der Waals surface area contributed by atoms with Crippen molar-refractivity contribution in [3.8, 4) is 5.75 Å². The van der Waals surface area contributed by atoms with E-state index in [1.165, 1.54) is 4.90 Å². The van der Waals surface area contributed by atoms with Gasteiger partial charge in [0.15, 0.2) is 5.76 Å². The summed E-state index contributed by atoms with van der Waals surface area (Å²) < 4.78 is 11.6. The maximum Gasteiger partial charge on any atom is 0.323 e. The molecule has 0 radical (unpaired) electrons. The Kier molecular flexibility index (Phi) is 9.68. The van der Waals surface area contributed by atoms with Crippen molar-refractivity contribution in [3.63, 3.8) is 0 Å². The SMILES string of the molecule is Cc1noc(C)c1NC(=O)N(C)C[C@@H]1Oc2ccc(NC(=O)Nc3ccccc3)cc2CC(=O)N([C@H](C)CO)C[C@@H]1C. The zero-order chi connectivity index (χ0) is 30.4. The van der Waals surface area contributed by atoms with Gasteiger partial charge >= 0.3 is 12.1 Å². The molecule has 12 heteroatoms. The molecule has 0 saturated heterocycles. The van der Waals surface area contributed by atoms with Crippen LogP contribution in [-0.2, 0) is 11.2 Å². The first-order valence-electron chi connectivity index (χ1n) is 13.8. The zero-order valence-corrected chi connectivity index (χ0v) is 24.5.